The Morgan fingerprint density at radius 1 is 1.19 bits per heavy atom. The Bertz CT molecular complexity index is 386. The van der Waals surface area contributed by atoms with Crippen molar-refractivity contribution in [3.05, 3.63) is 35.4 Å². The molecule has 0 amide bonds. The molecule has 0 saturated carbocycles. The molecule has 0 aliphatic carbocycles. The van der Waals surface area contributed by atoms with Crippen LogP contribution in [-0.4, -0.2) is 11.4 Å². The van der Waals surface area contributed by atoms with Crippen LogP contribution in [0.15, 0.2) is 23.2 Å². The molecule has 0 atom stereocenters. The second-order valence-corrected chi connectivity index (χ2v) is 4.73. The fraction of sp³-hybridized carbons (Fsp3) is 0.417. The van der Waals surface area contributed by atoms with Gasteiger partial charge < -0.3 is 5.73 Å². The molecular formula is C12H16F2N2. The predicted octanol–water partition coefficient (Wildman–Crippen LogP) is 2.66. The second kappa shape index (κ2) is 4.60. The van der Waals surface area contributed by atoms with Crippen molar-refractivity contribution in [2.45, 2.75) is 32.7 Å². The number of halogens is 2. The summed E-state index contributed by atoms with van der Waals surface area (Å²) in [5.41, 5.74) is 5.90. The van der Waals surface area contributed by atoms with Gasteiger partial charge in [0.05, 0.1) is 11.4 Å². The first-order valence-electron chi connectivity index (χ1n) is 5.05. The van der Waals surface area contributed by atoms with Crippen LogP contribution in [-0.2, 0) is 6.42 Å². The number of hydrogen-bond donors (Lipinski definition) is 1. The molecule has 1 aromatic rings. The van der Waals surface area contributed by atoms with Crippen LogP contribution in [0.2, 0.25) is 0 Å². The van der Waals surface area contributed by atoms with Gasteiger partial charge in [-0.3, -0.25) is 4.99 Å². The van der Waals surface area contributed by atoms with Crippen LogP contribution in [0.3, 0.4) is 0 Å². The van der Waals surface area contributed by atoms with Gasteiger partial charge >= 0.3 is 0 Å². The zero-order valence-electron chi connectivity index (χ0n) is 9.72. The lowest BCUT2D eigenvalue weighted by molar-refractivity contribution is 0.578. The quantitative estimate of drug-likeness (QED) is 0.611. The third-order valence-corrected chi connectivity index (χ3v) is 1.79. The summed E-state index contributed by atoms with van der Waals surface area (Å²) in [5.74, 6) is -0.824. The lowest BCUT2D eigenvalue weighted by atomic mass is 10.1. The average molecular weight is 226 g/mol. The normalized spacial score (nSPS) is 12.9. The summed E-state index contributed by atoms with van der Waals surface area (Å²) in [6.45, 7) is 5.73. The fourth-order valence-corrected chi connectivity index (χ4v) is 1.39. The SMILES string of the molecule is CC(C)(C)N=C(N)Cc1cc(F)cc(F)c1. The standard InChI is InChI=1S/C12H16F2N2/c1-12(2,3)16-11(15)6-8-4-9(13)7-10(14)5-8/h4-5,7H,6H2,1-3H3,(H2,15,16). The van der Waals surface area contributed by atoms with Crippen LogP contribution < -0.4 is 5.73 Å². The summed E-state index contributed by atoms with van der Waals surface area (Å²) in [5, 5.41) is 0. The molecular weight excluding hydrogens is 210 g/mol. The Labute approximate surface area is 94.2 Å². The van der Waals surface area contributed by atoms with Gasteiger partial charge in [-0.25, -0.2) is 8.78 Å². The van der Waals surface area contributed by atoms with Crippen LogP contribution in [0.25, 0.3) is 0 Å². The minimum atomic E-state index is -0.599. The van der Waals surface area contributed by atoms with E-state index in [1.165, 1.54) is 12.1 Å². The van der Waals surface area contributed by atoms with E-state index in [0.29, 0.717) is 11.4 Å². The molecule has 1 rings (SSSR count). The van der Waals surface area contributed by atoms with Crippen LogP contribution in [0.1, 0.15) is 26.3 Å². The van der Waals surface area contributed by atoms with Crippen LogP contribution in [0, 0.1) is 11.6 Å². The molecule has 0 saturated heterocycles. The Kier molecular flexibility index (Phi) is 3.62. The summed E-state index contributed by atoms with van der Waals surface area (Å²) >= 11 is 0. The van der Waals surface area contributed by atoms with Gasteiger partial charge in [0.1, 0.15) is 11.6 Å². The molecule has 88 valence electrons. The maximum atomic E-state index is 12.9. The first kappa shape index (κ1) is 12.6. The molecule has 0 aromatic heterocycles. The largest absolute Gasteiger partial charge is 0.387 e. The topological polar surface area (TPSA) is 38.4 Å². The smallest absolute Gasteiger partial charge is 0.126 e. The zero-order chi connectivity index (χ0) is 12.3. The van der Waals surface area contributed by atoms with E-state index in [1.807, 2.05) is 20.8 Å². The summed E-state index contributed by atoms with van der Waals surface area (Å²) in [6, 6.07) is 3.35. The number of nitrogens with two attached hydrogens (primary N) is 1. The molecule has 0 bridgehead atoms. The predicted molar refractivity (Wildman–Crippen MR) is 61.4 cm³/mol. The number of benzene rings is 1. The molecule has 0 aliphatic heterocycles. The monoisotopic (exact) mass is 226 g/mol. The summed E-state index contributed by atoms with van der Waals surface area (Å²) in [6.07, 6.45) is 0.256. The lowest BCUT2D eigenvalue weighted by Gasteiger charge is -2.13. The molecule has 1 aromatic carbocycles. The first-order chi connectivity index (χ1) is 7.26. The Morgan fingerprint density at radius 2 is 1.69 bits per heavy atom. The molecule has 0 spiro atoms. The zero-order valence-corrected chi connectivity index (χ0v) is 9.72. The third-order valence-electron chi connectivity index (χ3n) is 1.79. The first-order valence-corrected chi connectivity index (χ1v) is 5.05. The third kappa shape index (κ3) is 4.38. The Balaban J connectivity index is 2.85. The summed E-state index contributed by atoms with van der Waals surface area (Å²) in [7, 11) is 0. The highest BCUT2D eigenvalue weighted by molar-refractivity contribution is 5.83. The van der Waals surface area contributed by atoms with Crippen molar-refractivity contribution in [3.63, 3.8) is 0 Å². The van der Waals surface area contributed by atoms with Gasteiger partial charge in [0.15, 0.2) is 0 Å². The highest BCUT2D eigenvalue weighted by Crippen LogP contribution is 2.11. The number of nitrogens with zero attached hydrogens (tertiary/aromatic N) is 1. The fourth-order valence-electron chi connectivity index (χ4n) is 1.39. The summed E-state index contributed by atoms with van der Waals surface area (Å²) in [4.78, 5) is 4.21. The molecule has 0 unspecified atom stereocenters. The van der Waals surface area contributed by atoms with Crippen molar-refractivity contribution in [2.75, 3.05) is 0 Å². The Morgan fingerprint density at radius 3 is 2.12 bits per heavy atom. The van der Waals surface area contributed by atoms with Crippen molar-refractivity contribution >= 4 is 5.84 Å². The van der Waals surface area contributed by atoms with Gasteiger partial charge in [-0.1, -0.05) is 0 Å². The van der Waals surface area contributed by atoms with E-state index in [0.717, 1.165) is 6.07 Å². The lowest BCUT2D eigenvalue weighted by Crippen LogP contribution is -2.22. The van der Waals surface area contributed by atoms with Crippen molar-refractivity contribution < 1.29 is 8.78 Å². The van der Waals surface area contributed by atoms with Crippen LogP contribution >= 0.6 is 0 Å². The molecule has 2 N–H and O–H groups in total. The number of amidine groups is 1. The van der Waals surface area contributed by atoms with Gasteiger partial charge in [0.25, 0.3) is 0 Å². The van der Waals surface area contributed by atoms with Gasteiger partial charge in [-0.05, 0) is 38.5 Å². The van der Waals surface area contributed by atoms with E-state index < -0.39 is 11.6 Å². The Hall–Kier alpha value is -1.45. The number of rotatable bonds is 2. The van der Waals surface area contributed by atoms with E-state index in [-0.39, 0.29) is 12.0 Å². The molecule has 0 aliphatic rings. The van der Waals surface area contributed by atoms with E-state index >= 15 is 0 Å². The van der Waals surface area contributed by atoms with Crippen LogP contribution in [0.4, 0.5) is 8.78 Å². The molecule has 0 fully saturated rings. The number of aliphatic imine (C=N–C) groups is 1. The molecule has 4 heteroatoms. The van der Waals surface area contributed by atoms with Crippen molar-refractivity contribution in [3.8, 4) is 0 Å². The minimum Gasteiger partial charge on any atom is -0.387 e. The van der Waals surface area contributed by atoms with E-state index in [2.05, 4.69) is 4.99 Å². The maximum Gasteiger partial charge on any atom is 0.126 e. The van der Waals surface area contributed by atoms with Gasteiger partial charge in [-0.2, -0.15) is 0 Å². The molecule has 16 heavy (non-hydrogen) atoms. The van der Waals surface area contributed by atoms with Crippen LogP contribution in [0.5, 0.6) is 0 Å². The summed E-state index contributed by atoms with van der Waals surface area (Å²) < 4.78 is 25.8. The average Bonchev–Trinajstić information content (AvgIpc) is 1.96. The van der Waals surface area contributed by atoms with Crippen molar-refractivity contribution in [1.82, 2.24) is 0 Å². The van der Waals surface area contributed by atoms with E-state index in [1.54, 1.807) is 0 Å². The maximum absolute atomic E-state index is 12.9. The molecule has 0 heterocycles. The van der Waals surface area contributed by atoms with E-state index in [4.69, 9.17) is 5.73 Å². The van der Waals surface area contributed by atoms with Crippen molar-refractivity contribution in [2.24, 2.45) is 10.7 Å². The molecule has 2 nitrogen and oxygen atoms in total. The van der Waals surface area contributed by atoms with Gasteiger partial charge in [-0.15, -0.1) is 0 Å². The molecule has 0 radical (unpaired) electrons. The highest BCUT2D eigenvalue weighted by Gasteiger charge is 2.09. The van der Waals surface area contributed by atoms with Gasteiger partial charge in [0, 0.05) is 12.5 Å². The highest BCUT2D eigenvalue weighted by atomic mass is 19.1. The van der Waals surface area contributed by atoms with Crippen molar-refractivity contribution in [1.29, 1.82) is 0 Å². The van der Waals surface area contributed by atoms with Gasteiger partial charge in [0.2, 0.25) is 0 Å². The number of hydrogen-bond acceptors (Lipinski definition) is 1. The minimum absolute atomic E-state index is 0.256. The second-order valence-electron chi connectivity index (χ2n) is 4.73. The van der Waals surface area contributed by atoms with E-state index in [9.17, 15) is 8.78 Å².